The zero-order valence-electron chi connectivity index (χ0n) is 11.7. The van der Waals surface area contributed by atoms with E-state index in [2.05, 4.69) is 5.32 Å². The molecule has 5 nitrogen and oxygen atoms in total. The van der Waals surface area contributed by atoms with Gasteiger partial charge in [-0.2, -0.15) is 5.26 Å². The number of nitrogens with one attached hydrogen (secondary N) is 1. The first-order valence-electron chi connectivity index (χ1n) is 6.35. The molecule has 0 amide bonds. The van der Waals surface area contributed by atoms with Gasteiger partial charge in [-0.25, -0.2) is 0 Å². The Balaban J connectivity index is 2.27. The van der Waals surface area contributed by atoms with Crippen LogP contribution in [0.2, 0.25) is 0 Å². The molecule has 110 valence electrons. The topological polar surface area (TPSA) is 82.3 Å². The summed E-state index contributed by atoms with van der Waals surface area (Å²) in [4.78, 5) is 0. The molecule has 0 radical (unpaired) electrons. The Labute approximate surface area is 122 Å². The largest absolute Gasteiger partial charge is 0.491 e. The lowest BCUT2D eigenvalue weighted by Crippen LogP contribution is -2.39. The van der Waals surface area contributed by atoms with Crippen LogP contribution in [0.15, 0.2) is 24.3 Å². The van der Waals surface area contributed by atoms with Gasteiger partial charge in [0.05, 0.1) is 11.6 Å². The van der Waals surface area contributed by atoms with E-state index in [0.29, 0.717) is 23.6 Å². The molecule has 0 aliphatic carbocycles. The number of benzene rings is 1. The van der Waals surface area contributed by atoms with Crippen molar-refractivity contribution in [3.63, 3.8) is 0 Å². The van der Waals surface area contributed by atoms with Gasteiger partial charge < -0.3 is 15.2 Å². The van der Waals surface area contributed by atoms with Gasteiger partial charge in [0.15, 0.2) is 0 Å². The molecule has 0 saturated heterocycles. The molecule has 0 heterocycles. The fourth-order valence-corrected chi connectivity index (χ4v) is 2.45. The summed E-state index contributed by atoms with van der Waals surface area (Å²) in [5.41, 5.74) is 0.570. The summed E-state index contributed by atoms with van der Waals surface area (Å²) in [6, 6.07) is 8.84. The van der Waals surface area contributed by atoms with Gasteiger partial charge in [-0.05, 0) is 31.2 Å². The summed E-state index contributed by atoms with van der Waals surface area (Å²) in [5.74, 6) is 1.18. The van der Waals surface area contributed by atoms with Gasteiger partial charge in [0.25, 0.3) is 0 Å². The highest BCUT2D eigenvalue weighted by Crippen LogP contribution is 2.11. The lowest BCUT2D eigenvalue weighted by Gasteiger charge is -2.16. The van der Waals surface area contributed by atoms with Gasteiger partial charge in [-0.1, -0.05) is 0 Å². The van der Waals surface area contributed by atoms with E-state index in [1.807, 2.05) is 13.0 Å². The Morgan fingerprint density at radius 2 is 2.10 bits per heavy atom. The second-order valence-electron chi connectivity index (χ2n) is 4.65. The first kappa shape index (κ1) is 16.6. The van der Waals surface area contributed by atoms with E-state index >= 15 is 0 Å². The molecule has 1 aromatic carbocycles. The molecule has 2 N–H and O–H groups in total. The Kier molecular flexibility index (Phi) is 7.23. The van der Waals surface area contributed by atoms with Crippen molar-refractivity contribution in [3.8, 4) is 11.8 Å². The molecule has 6 heteroatoms. The van der Waals surface area contributed by atoms with E-state index < -0.39 is 16.9 Å². The van der Waals surface area contributed by atoms with Crippen molar-refractivity contribution < 1.29 is 14.1 Å². The van der Waals surface area contributed by atoms with Crippen LogP contribution in [0.3, 0.4) is 0 Å². The van der Waals surface area contributed by atoms with Crippen molar-refractivity contribution >= 4 is 10.8 Å². The zero-order chi connectivity index (χ0) is 15.0. The van der Waals surface area contributed by atoms with Gasteiger partial charge in [0.1, 0.15) is 18.5 Å². The molecule has 0 aliphatic heterocycles. The predicted molar refractivity (Wildman–Crippen MR) is 79.1 cm³/mol. The Morgan fingerprint density at radius 1 is 1.45 bits per heavy atom. The van der Waals surface area contributed by atoms with Crippen LogP contribution in [-0.2, 0) is 10.8 Å². The lowest BCUT2D eigenvalue weighted by atomic mass is 10.2. The van der Waals surface area contributed by atoms with E-state index in [1.54, 1.807) is 30.5 Å². The van der Waals surface area contributed by atoms with Gasteiger partial charge in [0.2, 0.25) is 0 Å². The number of hydrogen-bond acceptors (Lipinski definition) is 5. The summed E-state index contributed by atoms with van der Waals surface area (Å²) < 4.78 is 16.4. The molecule has 0 aliphatic rings. The maximum absolute atomic E-state index is 11.0. The third kappa shape index (κ3) is 6.66. The Morgan fingerprint density at radius 3 is 2.65 bits per heavy atom. The van der Waals surface area contributed by atoms with Crippen LogP contribution < -0.4 is 10.1 Å². The third-order valence-electron chi connectivity index (χ3n) is 2.61. The summed E-state index contributed by atoms with van der Waals surface area (Å²) in [6.07, 6.45) is 1.01. The second-order valence-corrected chi connectivity index (χ2v) is 6.13. The van der Waals surface area contributed by atoms with Crippen molar-refractivity contribution in [2.45, 2.75) is 19.1 Å². The molecule has 3 atom stereocenters. The number of aliphatic hydroxyl groups excluding tert-OH is 1. The zero-order valence-corrected chi connectivity index (χ0v) is 12.5. The van der Waals surface area contributed by atoms with Crippen LogP contribution in [0.1, 0.15) is 12.5 Å². The van der Waals surface area contributed by atoms with Gasteiger partial charge in [-0.3, -0.25) is 4.21 Å². The number of nitrogens with zero attached hydrogens (tertiary/aromatic N) is 1. The summed E-state index contributed by atoms with van der Waals surface area (Å²) >= 11 is 0. The maximum Gasteiger partial charge on any atom is 0.119 e. The maximum atomic E-state index is 11.0. The number of hydrogen-bond donors (Lipinski definition) is 2. The quantitative estimate of drug-likeness (QED) is 0.736. The van der Waals surface area contributed by atoms with Crippen LogP contribution in [-0.4, -0.2) is 46.6 Å². The molecule has 0 spiro atoms. The standard InChI is InChI=1S/C14H20N2O3S/c1-11(10-20(2)18)16-8-13(17)9-19-14-5-3-12(7-15)4-6-14/h3-6,11,13,16-17H,8-10H2,1-2H3. The molecular weight excluding hydrogens is 276 g/mol. The molecule has 0 bridgehead atoms. The van der Waals surface area contributed by atoms with Crippen LogP contribution in [0.25, 0.3) is 0 Å². The van der Waals surface area contributed by atoms with Gasteiger partial charge in [0, 0.05) is 35.4 Å². The fraction of sp³-hybridized carbons (Fsp3) is 0.500. The van der Waals surface area contributed by atoms with E-state index in [4.69, 9.17) is 10.00 Å². The summed E-state index contributed by atoms with van der Waals surface area (Å²) in [7, 11) is -0.849. The smallest absolute Gasteiger partial charge is 0.119 e. The van der Waals surface area contributed by atoms with Crippen LogP contribution >= 0.6 is 0 Å². The van der Waals surface area contributed by atoms with Crippen LogP contribution in [0.4, 0.5) is 0 Å². The Hall–Kier alpha value is -1.42. The molecule has 1 aromatic rings. The molecule has 0 saturated carbocycles. The first-order chi connectivity index (χ1) is 9.51. The van der Waals surface area contributed by atoms with E-state index in [1.165, 1.54) is 0 Å². The van der Waals surface area contributed by atoms with E-state index in [9.17, 15) is 9.32 Å². The fourth-order valence-electron chi connectivity index (χ4n) is 1.63. The highest BCUT2D eigenvalue weighted by Gasteiger charge is 2.09. The minimum absolute atomic E-state index is 0.0883. The summed E-state index contributed by atoms with van der Waals surface area (Å²) in [5, 5.41) is 21.6. The van der Waals surface area contributed by atoms with Crippen molar-refractivity contribution in [1.29, 1.82) is 5.26 Å². The Bertz CT molecular complexity index is 470. The number of aliphatic hydroxyl groups is 1. The second kappa shape index (κ2) is 8.69. The minimum Gasteiger partial charge on any atom is -0.491 e. The van der Waals surface area contributed by atoms with Crippen molar-refractivity contribution in [2.24, 2.45) is 0 Å². The number of ether oxygens (including phenoxy) is 1. The van der Waals surface area contributed by atoms with Gasteiger partial charge in [-0.15, -0.1) is 0 Å². The molecule has 1 rings (SSSR count). The monoisotopic (exact) mass is 296 g/mol. The molecule has 0 aromatic heterocycles. The highest BCUT2D eigenvalue weighted by atomic mass is 32.2. The van der Waals surface area contributed by atoms with Crippen molar-refractivity contribution in [2.75, 3.05) is 25.2 Å². The van der Waals surface area contributed by atoms with E-state index in [0.717, 1.165) is 0 Å². The normalized spacial score (nSPS) is 15.1. The number of rotatable bonds is 8. The average molecular weight is 296 g/mol. The SMILES string of the molecule is CC(CS(C)=O)NCC(O)COc1ccc(C#N)cc1. The van der Waals surface area contributed by atoms with Crippen molar-refractivity contribution in [1.82, 2.24) is 5.32 Å². The third-order valence-corrected chi connectivity index (χ3v) is 3.58. The molecular formula is C14H20N2O3S. The van der Waals surface area contributed by atoms with Crippen LogP contribution in [0, 0.1) is 11.3 Å². The van der Waals surface area contributed by atoms with Gasteiger partial charge >= 0.3 is 0 Å². The predicted octanol–water partition coefficient (Wildman–Crippen LogP) is 0.655. The molecule has 3 unspecified atom stereocenters. The highest BCUT2D eigenvalue weighted by molar-refractivity contribution is 7.84. The minimum atomic E-state index is -0.849. The lowest BCUT2D eigenvalue weighted by molar-refractivity contribution is 0.105. The van der Waals surface area contributed by atoms with E-state index in [-0.39, 0.29) is 12.6 Å². The molecule has 0 fully saturated rings. The van der Waals surface area contributed by atoms with Crippen LogP contribution in [0.5, 0.6) is 5.75 Å². The average Bonchev–Trinajstić information content (AvgIpc) is 2.42. The van der Waals surface area contributed by atoms with Crippen molar-refractivity contribution in [3.05, 3.63) is 29.8 Å². The first-order valence-corrected chi connectivity index (χ1v) is 8.08. The number of nitriles is 1. The summed E-state index contributed by atoms with van der Waals surface area (Å²) in [6.45, 7) is 2.48. The molecule has 20 heavy (non-hydrogen) atoms.